The predicted octanol–water partition coefficient (Wildman–Crippen LogP) is 13.4. The molecule has 11 nitrogen and oxygen atoms in total. The summed E-state index contributed by atoms with van der Waals surface area (Å²) < 4.78 is 24.8. The molecule has 3 N–H and O–H groups in total. The van der Waals surface area contributed by atoms with Crippen LogP contribution in [0.1, 0.15) is 154 Å². The van der Waals surface area contributed by atoms with Crippen LogP contribution in [0, 0.1) is 23.7 Å². The van der Waals surface area contributed by atoms with Crippen molar-refractivity contribution in [1.29, 1.82) is 0 Å². The fourth-order valence-electron chi connectivity index (χ4n) is 7.54. The summed E-state index contributed by atoms with van der Waals surface area (Å²) >= 11 is 0. The average molecular weight is 955 g/mol. The third kappa shape index (κ3) is 18.2. The maximum absolute atomic E-state index is 13.3. The highest BCUT2D eigenvalue weighted by Gasteiger charge is 2.44. The highest BCUT2D eigenvalue weighted by molar-refractivity contribution is 6.74. The normalized spacial score (nSPS) is 16.2. The molecule has 2 aromatic rings. The van der Waals surface area contributed by atoms with Gasteiger partial charge in [0.15, 0.2) is 16.6 Å². The number of Topliss-reactive ketones (excluding diaryl/α,β-unsaturated/α-hetero) is 1. The summed E-state index contributed by atoms with van der Waals surface area (Å²) in [6.45, 7) is 41.2. The molecule has 0 bridgehead atoms. The first-order valence-corrected chi connectivity index (χ1v) is 30.1. The van der Waals surface area contributed by atoms with E-state index in [0.29, 0.717) is 31.1 Å². The molecule has 0 aliphatic heterocycles. The number of hydrogen-bond acceptors (Lipinski definition) is 8. The van der Waals surface area contributed by atoms with Crippen molar-refractivity contribution < 1.29 is 42.6 Å². The molecular weight excluding hydrogens is 865 g/mol. The van der Waals surface area contributed by atoms with E-state index < -0.39 is 46.3 Å². The van der Waals surface area contributed by atoms with E-state index in [1.54, 1.807) is 13.8 Å². The molecular formula is C53H90N2O9Si2. The van der Waals surface area contributed by atoms with Crippen LogP contribution in [0.4, 0.5) is 9.59 Å². The summed E-state index contributed by atoms with van der Waals surface area (Å²) in [5, 5.41) is 15.6. The van der Waals surface area contributed by atoms with Gasteiger partial charge in [-0.1, -0.05) is 132 Å². The number of ketones is 1. The number of fused-ring (bicyclic) bond motifs is 3. The van der Waals surface area contributed by atoms with Crippen molar-refractivity contribution in [3.05, 3.63) is 59.7 Å². The maximum atomic E-state index is 13.3. The van der Waals surface area contributed by atoms with E-state index in [9.17, 15) is 24.3 Å². The van der Waals surface area contributed by atoms with Crippen molar-refractivity contribution in [2.45, 2.75) is 209 Å². The van der Waals surface area contributed by atoms with Gasteiger partial charge in [0.25, 0.3) is 0 Å². The molecule has 0 saturated carbocycles. The van der Waals surface area contributed by atoms with E-state index >= 15 is 0 Å². The standard InChI is InChI=1S/C32H47NO4Si.C21H43NO5Si/c1-21(2)18-29(30(19-22(3)23(4)34)37-38(8,9)32(5,6)7)33-31(35)36-20-28-26-16-12-10-14-24(26)25-15-11-13-17-27(25)28;1-14(2)12-16(22-19(25)26-20(4,5)6)17(13-15(3)18(23)24)27-28(10,11)21(7,8)9/h10-17,21-22,28-30H,18-20H2,1-9H3,(H,33,35);14-17H,12-13H2,1-11H3,(H,22,25)(H,23,24). The number of ether oxygens (including phenoxy) is 2. The number of alkyl carbamates (subject to hydrolysis) is 2. The third-order valence-electron chi connectivity index (χ3n) is 13.5. The van der Waals surface area contributed by atoms with Crippen LogP contribution >= 0.6 is 0 Å². The molecule has 1 aliphatic carbocycles. The number of carbonyl (C=O) groups is 4. The van der Waals surface area contributed by atoms with Gasteiger partial charge in [-0.2, -0.15) is 0 Å². The third-order valence-corrected chi connectivity index (χ3v) is 22.5. The summed E-state index contributed by atoms with van der Waals surface area (Å²) in [7, 11) is -4.32. The zero-order chi connectivity index (χ0) is 50.7. The van der Waals surface area contributed by atoms with Crippen LogP contribution in [0.3, 0.4) is 0 Å². The lowest BCUT2D eigenvalue weighted by Gasteiger charge is -2.42. The molecule has 0 saturated heterocycles. The van der Waals surface area contributed by atoms with Gasteiger partial charge in [-0.25, -0.2) is 9.59 Å². The lowest BCUT2D eigenvalue weighted by molar-refractivity contribution is -0.142. The number of aliphatic carboxylic acids is 1. The van der Waals surface area contributed by atoms with E-state index in [-0.39, 0.29) is 58.6 Å². The Morgan fingerprint density at radius 2 is 0.985 bits per heavy atom. The lowest BCUT2D eigenvalue weighted by atomic mass is 9.91. The van der Waals surface area contributed by atoms with Crippen LogP contribution in [0.2, 0.25) is 36.3 Å². The van der Waals surface area contributed by atoms with Gasteiger partial charge in [0.1, 0.15) is 18.0 Å². The molecule has 13 heteroatoms. The highest BCUT2D eigenvalue weighted by Crippen LogP contribution is 2.45. The van der Waals surface area contributed by atoms with Gasteiger partial charge >= 0.3 is 18.2 Å². The molecule has 3 rings (SSSR count). The Labute approximate surface area is 401 Å². The van der Waals surface area contributed by atoms with Gasteiger partial charge < -0.3 is 34.1 Å². The monoisotopic (exact) mass is 955 g/mol. The molecule has 6 unspecified atom stereocenters. The molecule has 2 amide bonds. The van der Waals surface area contributed by atoms with Crippen molar-refractivity contribution in [1.82, 2.24) is 10.6 Å². The van der Waals surface area contributed by atoms with Crippen molar-refractivity contribution >= 4 is 40.6 Å². The number of carboxylic acids is 1. The van der Waals surface area contributed by atoms with Crippen molar-refractivity contribution in [2.24, 2.45) is 23.7 Å². The molecule has 2 aromatic carbocycles. The van der Waals surface area contributed by atoms with Crippen LogP contribution in [0.5, 0.6) is 0 Å². The smallest absolute Gasteiger partial charge is 0.407 e. The van der Waals surface area contributed by atoms with Crippen molar-refractivity contribution in [3.63, 3.8) is 0 Å². The van der Waals surface area contributed by atoms with Crippen molar-refractivity contribution in [3.8, 4) is 11.1 Å². The Morgan fingerprint density at radius 3 is 1.33 bits per heavy atom. The van der Waals surface area contributed by atoms with Gasteiger partial charge in [-0.15, -0.1) is 0 Å². The maximum Gasteiger partial charge on any atom is 0.407 e. The summed E-state index contributed by atoms with van der Waals surface area (Å²) in [6.07, 6.45) is 0.762. The second-order valence-electron chi connectivity index (χ2n) is 23.6. The molecule has 66 heavy (non-hydrogen) atoms. The predicted molar refractivity (Wildman–Crippen MR) is 274 cm³/mol. The second kappa shape index (κ2) is 24.2. The summed E-state index contributed by atoms with van der Waals surface area (Å²) in [5.74, 6) is -0.775. The van der Waals surface area contributed by atoms with E-state index in [1.807, 2.05) is 52.0 Å². The molecule has 0 radical (unpaired) electrons. The largest absolute Gasteiger partial charge is 0.481 e. The number of nitrogens with one attached hydrogen (secondary N) is 2. The number of amides is 2. The quantitative estimate of drug-likeness (QED) is 0.110. The Bertz CT molecular complexity index is 1850. The van der Waals surface area contributed by atoms with Gasteiger partial charge in [-0.05, 0) is 124 Å². The lowest BCUT2D eigenvalue weighted by Crippen LogP contribution is -2.53. The van der Waals surface area contributed by atoms with E-state index in [2.05, 4.69) is 130 Å². The zero-order valence-corrected chi connectivity index (χ0v) is 46.6. The number of carboxylic acid groups (broad SMARTS) is 1. The second-order valence-corrected chi connectivity index (χ2v) is 33.2. The van der Waals surface area contributed by atoms with Gasteiger partial charge in [0, 0.05) is 11.8 Å². The highest BCUT2D eigenvalue weighted by atomic mass is 28.4. The van der Waals surface area contributed by atoms with Crippen LogP contribution in [-0.2, 0) is 27.9 Å². The first-order chi connectivity index (χ1) is 30.1. The van der Waals surface area contributed by atoms with Crippen LogP contribution in [0.25, 0.3) is 11.1 Å². The first kappa shape index (κ1) is 58.6. The fourth-order valence-corrected chi connectivity index (χ4v) is 10.3. The fraction of sp³-hybridized carbons (Fsp3) is 0.698. The van der Waals surface area contributed by atoms with Crippen LogP contribution in [-0.4, -0.2) is 82.2 Å². The molecule has 374 valence electrons. The average Bonchev–Trinajstić information content (AvgIpc) is 3.47. The van der Waals surface area contributed by atoms with E-state index in [4.69, 9.17) is 18.3 Å². The summed E-state index contributed by atoms with van der Waals surface area (Å²) in [4.78, 5) is 49.4. The van der Waals surface area contributed by atoms with Crippen LogP contribution in [0.15, 0.2) is 48.5 Å². The van der Waals surface area contributed by atoms with Gasteiger partial charge in [0.05, 0.1) is 30.2 Å². The first-order valence-electron chi connectivity index (χ1n) is 24.3. The van der Waals surface area contributed by atoms with Gasteiger partial charge in [-0.3, -0.25) is 9.59 Å². The SMILES string of the molecule is CC(=O)C(C)CC(O[Si](C)(C)C(C)(C)C)C(CC(C)C)NC(=O)OCC1c2ccccc2-c2ccccc21.CC(C)CC(NC(=O)OC(C)(C)C)C(CC(C)C(=O)O)O[Si](C)(C)C(C)(C)C. The van der Waals surface area contributed by atoms with Crippen molar-refractivity contribution in [2.75, 3.05) is 6.61 Å². The Balaban J connectivity index is 0.000000478. The molecule has 6 atom stereocenters. The summed E-state index contributed by atoms with van der Waals surface area (Å²) in [6, 6.07) is 16.1. The number of rotatable bonds is 20. The summed E-state index contributed by atoms with van der Waals surface area (Å²) in [5.41, 5.74) is 4.19. The molecule has 0 aromatic heterocycles. The Hall–Kier alpha value is -3.53. The van der Waals surface area contributed by atoms with E-state index in [1.165, 1.54) is 22.3 Å². The van der Waals surface area contributed by atoms with E-state index in [0.717, 1.165) is 6.42 Å². The molecule has 1 aliphatic rings. The minimum atomic E-state index is -2.17. The zero-order valence-electron chi connectivity index (χ0n) is 44.6. The van der Waals surface area contributed by atoms with Crippen LogP contribution < -0.4 is 10.6 Å². The van der Waals surface area contributed by atoms with Gasteiger partial charge in [0.2, 0.25) is 0 Å². The molecule has 0 heterocycles. The minimum Gasteiger partial charge on any atom is -0.481 e. The topological polar surface area (TPSA) is 149 Å². The molecule has 0 spiro atoms. The Morgan fingerprint density at radius 1 is 0.606 bits per heavy atom. The number of benzene rings is 2. The number of carbonyl (C=O) groups excluding carboxylic acids is 3. The molecule has 0 fully saturated rings. The Kier molecular flexibility index (Phi) is 21.4. The minimum absolute atomic E-state index is 0.00807. The number of hydrogen-bond donors (Lipinski definition) is 3.